The van der Waals surface area contributed by atoms with Gasteiger partial charge in [-0.25, -0.2) is 0 Å². The Bertz CT molecular complexity index is 384. The van der Waals surface area contributed by atoms with Crippen molar-refractivity contribution in [2.75, 3.05) is 19.7 Å². The second kappa shape index (κ2) is 7.16. The lowest BCUT2D eigenvalue weighted by Crippen LogP contribution is -2.53. The minimum atomic E-state index is -0.127. The third-order valence-electron chi connectivity index (χ3n) is 4.43. The molecule has 0 aliphatic carbocycles. The number of nitrogens with zero attached hydrogens (tertiary/aromatic N) is 2. The average Bonchev–Trinajstić information content (AvgIpc) is 2.50. The summed E-state index contributed by atoms with van der Waals surface area (Å²) in [6.07, 6.45) is 6.98. The number of aliphatic hydroxyl groups is 1. The summed E-state index contributed by atoms with van der Waals surface area (Å²) in [6.45, 7) is 7.69. The normalized spacial score (nSPS) is 20.8. The molecular formula is C16H27N3O. The van der Waals surface area contributed by atoms with Crippen LogP contribution in [0.15, 0.2) is 24.5 Å². The molecule has 1 aliphatic heterocycles. The summed E-state index contributed by atoms with van der Waals surface area (Å²) in [4.78, 5) is 6.55. The Morgan fingerprint density at radius 2 is 2.00 bits per heavy atom. The second-order valence-electron chi connectivity index (χ2n) is 6.12. The molecule has 1 unspecified atom stereocenters. The Morgan fingerprint density at radius 3 is 2.55 bits per heavy atom. The third kappa shape index (κ3) is 4.27. The molecule has 2 rings (SSSR count). The van der Waals surface area contributed by atoms with Crippen LogP contribution in [0.5, 0.6) is 0 Å². The van der Waals surface area contributed by atoms with Gasteiger partial charge in [0.2, 0.25) is 0 Å². The van der Waals surface area contributed by atoms with Gasteiger partial charge in [-0.15, -0.1) is 0 Å². The highest BCUT2D eigenvalue weighted by Crippen LogP contribution is 2.17. The van der Waals surface area contributed by atoms with Crippen molar-refractivity contribution < 1.29 is 5.11 Å². The van der Waals surface area contributed by atoms with Crippen molar-refractivity contribution in [3.8, 4) is 0 Å². The highest BCUT2D eigenvalue weighted by molar-refractivity contribution is 5.09. The Balaban J connectivity index is 1.78. The number of pyridine rings is 1. The van der Waals surface area contributed by atoms with Crippen molar-refractivity contribution in [3.05, 3.63) is 30.1 Å². The quantitative estimate of drug-likeness (QED) is 0.832. The molecule has 4 heteroatoms. The minimum Gasteiger partial charge on any atom is -0.394 e. The van der Waals surface area contributed by atoms with E-state index in [1.807, 2.05) is 12.4 Å². The van der Waals surface area contributed by atoms with Crippen molar-refractivity contribution in [3.63, 3.8) is 0 Å². The molecule has 4 nitrogen and oxygen atoms in total. The molecule has 1 fully saturated rings. The maximum atomic E-state index is 9.48. The molecule has 1 aliphatic rings. The van der Waals surface area contributed by atoms with E-state index in [-0.39, 0.29) is 12.1 Å². The van der Waals surface area contributed by atoms with Crippen LogP contribution in [0.4, 0.5) is 0 Å². The zero-order valence-electron chi connectivity index (χ0n) is 12.7. The zero-order chi connectivity index (χ0) is 14.4. The van der Waals surface area contributed by atoms with E-state index in [0.717, 1.165) is 38.9 Å². The molecule has 0 radical (unpaired) electrons. The average molecular weight is 277 g/mol. The van der Waals surface area contributed by atoms with Crippen molar-refractivity contribution in [1.29, 1.82) is 0 Å². The molecule has 0 aromatic carbocycles. The van der Waals surface area contributed by atoms with E-state index in [0.29, 0.717) is 6.04 Å². The summed E-state index contributed by atoms with van der Waals surface area (Å²) in [5.41, 5.74) is 1.21. The first-order valence-corrected chi connectivity index (χ1v) is 7.65. The first kappa shape index (κ1) is 15.4. The maximum absolute atomic E-state index is 9.48. The van der Waals surface area contributed by atoms with Gasteiger partial charge in [-0.3, -0.25) is 9.88 Å². The molecule has 2 N–H and O–H groups in total. The van der Waals surface area contributed by atoms with Gasteiger partial charge in [0.05, 0.1) is 6.61 Å². The molecule has 1 aromatic heterocycles. The minimum absolute atomic E-state index is 0.127. The third-order valence-corrected chi connectivity index (χ3v) is 4.43. The molecule has 2 heterocycles. The largest absolute Gasteiger partial charge is 0.394 e. The smallest absolute Gasteiger partial charge is 0.0610 e. The van der Waals surface area contributed by atoms with E-state index in [1.165, 1.54) is 5.56 Å². The van der Waals surface area contributed by atoms with Crippen molar-refractivity contribution in [2.45, 2.75) is 51.2 Å². The highest BCUT2D eigenvalue weighted by atomic mass is 16.3. The van der Waals surface area contributed by atoms with E-state index < -0.39 is 0 Å². The van der Waals surface area contributed by atoms with Crippen LogP contribution >= 0.6 is 0 Å². The Morgan fingerprint density at radius 1 is 1.35 bits per heavy atom. The van der Waals surface area contributed by atoms with E-state index in [9.17, 15) is 5.11 Å². The summed E-state index contributed by atoms with van der Waals surface area (Å²) in [7, 11) is 0. The number of piperidine rings is 1. The Hall–Kier alpha value is -0.970. The van der Waals surface area contributed by atoms with Crippen LogP contribution in [0, 0.1) is 0 Å². The first-order valence-electron chi connectivity index (χ1n) is 7.65. The van der Waals surface area contributed by atoms with Gasteiger partial charge in [-0.1, -0.05) is 6.92 Å². The molecule has 1 saturated heterocycles. The Kier molecular flexibility index (Phi) is 5.52. The monoisotopic (exact) mass is 277 g/mol. The number of rotatable bonds is 6. The van der Waals surface area contributed by atoms with Gasteiger partial charge < -0.3 is 10.4 Å². The molecule has 0 amide bonds. The van der Waals surface area contributed by atoms with Crippen LogP contribution in [0.2, 0.25) is 0 Å². The van der Waals surface area contributed by atoms with Gasteiger partial charge in [0.1, 0.15) is 0 Å². The molecule has 0 spiro atoms. The van der Waals surface area contributed by atoms with Crippen LogP contribution in [-0.4, -0.2) is 46.3 Å². The lowest BCUT2D eigenvalue weighted by atomic mass is 9.95. The summed E-state index contributed by atoms with van der Waals surface area (Å²) in [5, 5.41) is 13.1. The molecule has 112 valence electrons. The summed E-state index contributed by atoms with van der Waals surface area (Å²) < 4.78 is 0. The number of hydrogen-bond donors (Lipinski definition) is 2. The Labute approximate surface area is 122 Å². The fourth-order valence-corrected chi connectivity index (χ4v) is 2.73. The highest BCUT2D eigenvalue weighted by Gasteiger charge is 2.27. The summed E-state index contributed by atoms with van der Waals surface area (Å²) >= 11 is 0. The molecule has 20 heavy (non-hydrogen) atoms. The van der Waals surface area contributed by atoms with E-state index in [4.69, 9.17) is 0 Å². The van der Waals surface area contributed by atoms with E-state index >= 15 is 0 Å². The SMILES string of the molecule is CCC(C)(CO)NC1CCN(Cc2ccncc2)CC1. The second-order valence-corrected chi connectivity index (χ2v) is 6.12. The number of aliphatic hydroxyl groups excluding tert-OH is 1. The van der Waals surface area contributed by atoms with Crippen LogP contribution in [0.3, 0.4) is 0 Å². The lowest BCUT2D eigenvalue weighted by molar-refractivity contribution is 0.124. The predicted octanol–water partition coefficient (Wildman–Crippen LogP) is 1.80. The van der Waals surface area contributed by atoms with E-state index in [2.05, 4.69) is 41.2 Å². The van der Waals surface area contributed by atoms with Gasteiger partial charge in [0.25, 0.3) is 0 Å². The van der Waals surface area contributed by atoms with Gasteiger partial charge in [0, 0.05) is 30.5 Å². The van der Waals surface area contributed by atoms with Crippen molar-refractivity contribution in [2.24, 2.45) is 0 Å². The number of aromatic nitrogens is 1. The van der Waals surface area contributed by atoms with Crippen molar-refractivity contribution >= 4 is 0 Å². The van der Waals surface area contributed by atoms with Gasteiger partial charge in [-0.05, 0) is 57.0 Å². The van der Waals surface area contributed by atoms with Crippen LogP contribution in [0.25, 0.3) is 0 Å². The molecule has 0 bridgehead atoms. The topological polar surface area (TPSA) is 48.4 Å². The zero-order valence-corrected chi connectivity index (χ0v) is 12.7. The fraction of sp³-hybridized carbons (Fsp3) is 0.688. The molecular weight excluding hydrogens is 250 g/mol. The van der Waals surface area contributed by atoms with Crippen LogP contribution < -0.4 is 5.32 Å². The van der Waals surface area contributed by atoms with Gasteiger partial charge in [0.15, 0.2) is 0 Å². The maximum Gasteiger partial charge on any atom is 0.0610 e. The summed E-state index contributed by atoms with van der Waals surface area (Å²) in [6, 6.07) is 4.70. The van der Waals surface area contributed by atoms with Crippen LogP contribution in [0.1, 0.15) is 38.7 Å². The van der Waals surface area contributed by atoms with Crippen molar-refractivity contribution in [1.82, 2.24) is 15.2 Å². The standard InChI is InChI=1S/C16H27N3O/c1-3-16(2,13-20)18-15-6-10-19(11-7-15)12-14-4-8-17-9-5-14/h4-5,8-9,15,18,20H,3,6-7,10-13H2,1-2H3. The van der Waals surface area contributed by atoms with Crippen LogP contribution in [-0.2, 0) is 6.54 Å². The first-order chi connectivity index (χ1) is 9.65. The van der Waals surface area contributed by atoms with Gasteiger partial charge in [-0.2, -0.15) is 0 Å². The van der Waals surface area contributed by atoms with Gasteiger partial charge >= 0.3 is 0 Å². The fourth-order valence-electron chi connectivity index (χ4n) is 2.73. The number of nitrogens with one attached hydrogen (secondary N) is 1. The summed E-state index contributed by atoms with van der Waals surface area (Å²) in [5.74, 6) is 0. The molecule has 1 atom stereocenters. The number of hydrogen-bond acceptors (Lipinski definition) is 4. The van der Waals surface area contributed by atoms with E-state index in [1.54, 1.807) is 0 Å². The molecule has 0 saturated carbocycles. The lowest BCUT2D eigenvalue weighted by Gasteiger charge is -2.38. The number of likely N-dealkylation sites (tertiary alicyclic amines) is 1. The molecule has 1 aromatic rings. The predicted molar refractivity (Wildman–Crippen MR) is 81.5 cm³/mol.